The lowest BCUT2D eigenvalue weighted by Crippen LogP contribution is -2.25. The van der Waals surface area contributed by atoms with E-state index in [0.717, 1.165) is 27.1 Å². The Morgan fingerprint density at radius 2 is 1.68 bits per heavy atom. The maximum absolute atomic E-state index is 13.7. The number of methoxy groups -OCH3 is 3. The molecule has 2 aromatic heterocycles. The fraction of sp³-hybridized carbons (Fsp3) is 0.259. The summed E-state index contributed by atoms with van der Waals surface area (Å²) in [6, 6.07) is 8.44. The smallest absolute Gasteiger partial charge is 0.359 e. The second-order valence-electron chi connectivity index (χ2n) is 8.28. The topological polar surface area (TPSA) is 118 Å². The second kappa shape index (κ2) is 10.9. The van der Waals surface area contributed by atoms with Crippen molar-refractivity contribution in [2.45, 2.75) is 20.8 Å². The maximum Gasteiger partial charge on any atom is 0.359 e. The maximum atomic E-state index is 13.7. The molecule has 0 bridgehead atoms. The molecule has 1 N–H and O–H groups in total. The molecule has 10 nitrogen and oxygen atoms in total. The van der Waals surface area contributed by atoms with Crippen LogP contribution in [0.2, 0.25) is 0 Å². The summed E-state index contributed by atoms with van der Waals surface area (Å²) in [6.07, 6.45) is 0. The van der Waals surface area contributed by atoms with Crippen LogP contribution < -0.4 is 25.1 Å². The molecule has 198 valence electrons. The lowest BCUT2D eigenvalue weighted by atomic mass is 10.1. The Bertz CT molecular complexity index is 1580. The number of hydrogen-bond donors (Lipinski definition) is 1. The molecular weight excluding hydrogens is 510 g/mol. The van der Waals surface area contributed by atoms with E-state index in [1.165, 1.54) is 33.5 Å². The summed E-state index contributed by atoms with van der Waals surface area (Å²) in [5.41, 5.74) is 2.19. The van der Waals surface area contributed by atoms with E-state index in [2.05, 4.69) is 10.4 Å². The molecule has 0 aliphatic heterocycles. The van der Waals surface area contributed by atoms with E-state index in [4.69, 9.17) is 18.9 Å². The Hall–Kier alpha value is -4.38. The van der Waals surface area contributed by atoms with Crippen LogP contribution in [-0.4, -0.2) is 49.6 Å². The van der Waals surface area contributed by atoms with Crippen LogP contribution in [0.15, 0.2) is 40.5 Å². The van der Waals surface area contributed by atoms with E-state index >= 15 is 0 Å². The number of anilines is 1. The third-order valence-electron chi connectivity index (χ3n) is 6.01. The fourth-order valence-corrected chi connectivity index (χ4v) is 4.84. The third kappa shape index (κ3) is 4.80. The summed E-state index contributed by atoms with van der Waals surface area (Å²) in [5.74, 6) is -0.234. The summed E-state index contributed by atoms with van der Waals surface area (Å²) in [7, 11) is 4.36. The van der Waals surface area contributed by atoms with Crippen molar-refractivity contribution in [2.75, 3.05) is 33.3 Å². The number of carbonyl (C=O) groups is 2. The molecule has 0 saturated heterocycles. The number of esters is 1. The summed E-state index contributed by atoms with van der Waals surface area (Å²) in [5, 5.41) is 9.44. The normalized spacial score (nSPS) is 10.8. The van der Waals surface area contributed by atoms with Gasteiger partial charge in [-0.3, -0.25) is 9.59 Å². The van der Waals surface area contributed by atoms with Crippen LogP contribution in [0.25, 0.3) is 16.5 Å². The molecule has 4 rings (SSSR count). The van der Waals surface area contributed by atoms with Crippen LogP contribution in [-0.2, 0) is 4.74 Å². The number of thiophene rings is 1. The highest BCUT2D eigenvalue weighted by Crippen LogP contribution is 2.39. The van der Waals surface area contributed by atoms with Crippen molar-refractivity contribution in [3.05, 3.63) is 68.4 Å². The van der Waals surface area contributed by atoms with E-state index in [1.54, 1.807) is 18.4 Å². The van der Waals surface area contributed by atoms with Crippen LogP contribution in [0, 0.1) is 13.8 Å². The molecule has 0 saturated carbocycles. The number of hydrogen-bond acceptors (Lipinski definition) is 9. The van der Waals surface area contributed by atoms with Gasteiger partial charge in [0, 0.05) is 16.3 Å². The van der Waals surface area contributed by atoms with Gasteiger partial charge in [-0.1, -0.05) is 6.07 Å². The van der Waals surface area contributed by atoms with Gasteiger partial charge in [0.1, 0.15) is 5.00 Å². The average Bonchev–Trinajstić information content (AvgIpc) is 3.33. The largest absolute Gasteiger partial charge is 0.493 e. The van der Waals surface area contributed by atoms with Gasteiger partial charge < -0.3 is 24.3 Å². The minimum atomic E-state index is -0.671. The molecule has 11 heteroatoms. The number of carbonyl (C=O) groups excluding carboxylic acids is 2. The van der Waals surface area contributed by atoms with Gasteiger partial charge in [-0.05, 0) is 56.2 Å². The predicted octanol–water partition coefficient (Wildman–Crippen LogP) is 4.52. The van der Waals surface area contributed by atoms with Crippen molar-refractivity contribution < 1.29 is 28.5 Å². The first-order valence-electron chi connectivity index (χ1n) is 11.6. The van der Waals surface area contributed by atoms with E-state index < -0.39 is 17.4 Å². The summed E-state index contributed by atoms with van der Waals surface area (Å²) >= 11 is 1.11. The first-order chi connectivity index (χ1) is 18.2. The Kier molecular flexibility index (Phi) is 7.67. The molecule has 2 heterocycles. The highest BCUT2D eigenvalue weighted by Gasteiger charge is 2.24. The van der Waals surface area contributed by atoms with Gasteiger partial charge in [-0.15, -0.1) is 11.3 Å². The second-order valence-corrected chi connectivity index (χ2v) is 9.16. The van der Waals surface area contributed by atoms with Crippen molar-refractivity contribution in [2.24, 2.45) is 0 Å². The third-order valence-corrected chi connectivity index (χ3v) is 6.91. The van der Waals surface area contributed by atoms with Crippen molar-refractivity contribution in [1.29, 1.82) is 0 Å². The Morgan fingerprint density at radius 1 is 1.00 bits per heavy atom. The number of amides is 1. The summed E-state index contributed by atoms with van der Waals surface area (Å²) < 4.78 is 22.4. The molecule has 4 aromatic rings. The molecular formula is C27H27N3O7S. The van der Waals surface area contributed by atoms with Gasteiger partial charge >= 0.3 is 5.97 Å². The van der Waals surface area contributed by atoms with E-state index in [-0.39, 0.29) is 28.3 Å². The van der Waals surface area contributed by atoms with E-state index in [1.807, 2.05) is 26.0 Å². The van der Waals surface area contributed by atoms with Gasteiger partial charge in [0.15, 0.2) is 17.2 Å². The average molecular weight is 538 g/mol. The Morgan fingerprint density at radius 3 is 2.26 bits per heavy atom. The molecule has 0 spiro atoms. The quantitative estimate of drug-likeness (QED) is 0.326. The lowest BCUT2D eigenvalue weighted by Gasteiger charge is -2.14. The molecule has 38 heavy (non-hydrogen) atoms. The standard InChI is InChI=1S/C27H27N3O7S/c1-7-37-27(33)22-18-13-38-25(21(18)26(32)30(29-22)17-9-8-14(2)15(3)10-17)28-24(31)16-11-19(34-4)23(36-6)20(12-16)35-5/h8-13H,7H2,1-6H3,(H,28,31). The molecule has 0 unspecified atom stereocenters. The van der Waals surface area contributed by atoms with Gasteiger partial charge in [0.2, 0.25) is 5.75 Å². The molecule has 0 radical (unpaired) electrons. The van der Waals surface area contributed by atoms with Crippen molar-refractivity contribution in [3.63, 3.8) is 0 Å². The van der Waals surface area contributed by atoms with Crippen LogP contribution in [0.3, 0.4) is 0 Å². The zero-order valence-electron chi connectivity index (χ0n) is 21.8. The van der Waals surface area contributed by atoms with Crippen molar-refractivity contribution >= 4 is 39.0 Å². The van der Waals surface area contributed by atoms with Gasteiger partial charge in [-0.25, -0.2) is 4.79 Å². The van der Waals surface area contributed by atoms with Gasteiger partial charge in [0.25, 0.3) is 11.5 Å². The minimum Gasteiger partial charge on any atom is -0.493 e. The Balaban J connectivity index is 1.87. The molecule has 0 aliphatic rings. The van der Waals surface area contributed by atoms with Crippen LogP contribution >= 0.6 is 11.3 Å². The van der Waals surface area contributed by atoms with Gasteiger partial charge in [-0.2, -0.15) is 9.78 Å². The summed E-state index contributed by atoms with van der Waals surface area (Å²) in [4.78, 5) is 39.8. The van der Waals surface area contributed by atoms with Crippen LogP contribution in [0.1, 0.15) is 38.9 Å². The zero-order valence-corrected chi connectivity index (χ0v) is 22.6. The number of nitrogens with one attached hydrogen (secondary N) is 1. The molecule has 0 atom stereocenters. The lowest BCUT2D eigenvalue weighted by molar-refractivity contribution is 0.0520. The van der Waals surface area contributed by atoms with E-state index in [0.29, 0.717) is 28.3 Å². The number of benzene rings is 2. The van der Waals surface area contributed by atoms with Crippen molar-refractivity contribution in [3.8, 4) is 22.9 Å². The molecule has 1 amide bonds. The molecule has 0 aliphatic carbocycles. The van der Waals surface area contributed by atoms with Gasteiger partial charge in [0.05, 0.1) is 39.0 Å². The Labute approximate surface area is 222 Å². The predicted molar refractivity (Wildman–Crippen MR) is 145 cm³/mol. The highest BCUT2D eigenvalue weighted by molar-refractivity contribution is 7.16. The monoisotopic (exact) mass is 537 g/mol. The molecule has 2 aromatic carbocycles. The van der Waals surface area contributed by atoms with E-state index in [9.17, 15) is 14.4 Å². The number of fused-ring (bicyclic) bond motifs is 1. The minimum absolute atomic E-state index is 0.0239. The fourth-order valence-electron chi connectivity index (χ4n) is 3.91. The number of ether oxygens (including phenoxy) is 4. The number of rotatable bonds is 8. The number of nitrogens with zero attached hydrogens (tertiary/aromatic N) is 2. The van der Waals surface area contributed by atoms with Crippen molar-refractivity contribution in [1.82, 2.24) is 9.78 Å². The molecule has 0 fully saturated rings. The number of aryl methyl sites for hydroxylation is 2. The van der Waals surface area contributed by atoms with Crippen LogP contribution in [0.4, 0.5) is 5.00 Å². The first kappa shape index (κ1) is 26.7. The zero-order chi connectivity index (χ0) is 27.6. The summed E-state index contributed by atoms with van der Waals surface area (Å²) in [6.45, 7) is 5.70. The first-order valence-corrected chi connectivity index (χ1v) is 12.5. The number of aromatic nitrogens is 2. The van der Waals surface area contributed by atoms with Crippen LogP contribution in [0.5, 0.6) is 17.2 Å². The SMILES string of the molecule is CCOC(=O)c1nn(-c2ccc(C)c(C)c2)c(=O)c2c(NC(=O)c3cc(OC)c(OC)c(OC)c3)scc12. The highest BCUT2D eigenvalue weighted by atomic mass is 32.1.